The standard InChI is InChI=1S/C18H20F2N2O3S2/c1-3-15-12(2)10-16(26-15)18(23)21-6-8-22(9-7-21)27(24,25)17-5-4-13(19)11-14(17)20/h4-5,10-11H,3,6-9H2,1-2H3. The lowest BCUT2D eigenvalue weighted by Crippen LogP contribution is -2.50. The summed E-state index contributed by atoms with van der Waals surface area (Å²) in [4.78, 5) is 15.5. The van der Waals surface area contributed by atoms with Crippen molar-refractivity contribution in [2.24, 2.45) is 0 Å². The highest BCUT2D eigenvalue weighted by Gasteiger charge is 2.32. The third kappa shape index (κ3) is 3.90. The van der Waals surface area contributed by atoms with Crippen molar-refractivity contribution in [3.05, 3.63) is 51.2 Å². The monoisotopic (exact) mass is 414 g/mol. The molecule has 27 heavy (non-hydrogen) atoms. The molecule has 1 saturated heterocycles. The van der Waals surface area contributed by atoms with E-state index in [-0.39, 0.29) is 32.1 Å². The maximum absolute atomic E-state index is 13.9. The van der Waals surface area contributed by atoms with E-state index in [0.29, 0.717) is 10.9 Å². The lowest BCUT2D eigenvalue weighted by molar-refractivity contribution is 0.0702. The van der Waals surface area contributed by atoms with Crippen molar-refractivity contribution < 1.29 is 22.0 Å². The number of benzene rings is 1. The molecule has 146 valence electrons. The lowest BCUT2D eigenvalue weighted by Gasteiger charge is -2.33. The number of carbonyl (C=O) groups is 1. The molecule has 1 aromatic carbocycles. The minimum atomic E-state index is -4.07. The van der Waals surface area contributed by atoms with Crippen LogP contribution >= 0.6 is 11.3 Å². The fourth-order valence-electron chi connectivity index (χ4n) is 3.09. The molecule has 0 atom stereocenters. The summed E-state index contributed by atoms with van der Waals surface area (Å²) >= 11 is 1.46. The van der Waals surface area contributed by atoms with Gasteiger partial charge < -0.3 is 4.90 Å². The first-order valence-electron chi connectivity index (χ1n) is 8.57. The number of hydrogen-bond donors (Lipinski definition) is 0. The topological polar surface area (TPSA) is 57.7 Å². The zero-order valence-electron chi connectivity index (χ0n) is 15.0. The number of carbonyl (C=O) groups excluding carboxylic acids is 1. The summed E-state index contributed by atoms with van der Waals surface area (Å²) in [5.41, 5.74) is 1.08. The summed E-state index contributed by atoms with van der Waals surface area (Å²) in [5, 5.41) is 0. The van der Waals surface area contributed by atoms with Gasteiger partial charge in [0.2, 0.25) is 10.0 Å². The molecular weight excluding hydrogens is 394 g/mol. The van der Waals surface area contributed by atoms with Gasteiger partial charge in [0.1, 0.15) is 16.5 Å². The van der Waals surface area contributed by atoms with E-state index in [2.05, 4.69) is 0 Å². The van der Waals surface area contributed by atoms with Crippen LogP contribution in [0, 0.1) is 18.6 Å². The number of piperazine rings is 1. The first-order valence-corrected chi connectivity index (χ1v) is 10.8. The second-order valence-electron chi connectivity index (χ2n) is 6.34. The van der Waals surface area contributed by atoms with Crippen LogP contribution in [0.4, 0.5) is 8.78 Å². The van der Waals surface area contributed by atoms with Gasteiger partial charge >= 0.3 is 0 Å². The third-order valence-corrected chi connectivity index (χ3v) is 7.89. The van der Waals surface area contributed by atoms with E-state index in [9.17, 15) is 22.0 Å². The minimum Gasteiger partial charge on any atom is -0.335 e. The van der Waals surface area contributed by atoms with Crippen LogP contribution in [0.1, 0.15) is 27.0 Å². The molecule has 0 aliphatic carbocycles. The molecule has 2 aromatic rings. The first kappa shape index (κ1) is 19.9. The van der Waals surface area contributed by atoms with E-state index < -0.39 is 26.6 Å². The second kappa shape index (κ2) is 7.65. The van der Waals surface area contributed by atoms with E-state index in [1.54, 1.807) is 4.90 Å². The number of sulfonamides is 1. The van der Waals surface area contributed by atoms with Crippen LogP contribution in [0.3, 0.4) is 0 Å². The maximum Gasteiger partial charge on any atom is 0.264 e. The average molecular weight is 414 g/mol. The van der Waals surface area contributed by atoms with Crippen LogP contribution in [-0.2, 0) is 16.4 Å². The van der Waals surface area contributed by atoms with Gasteiger partial charge in [-0.05, 0) is 37.1 Å². The predicted molar refractivity (Wildman–Crippen MR) is 99.5 cm³/mol. The molecular formula is C18H20F2N2O3S2. The Morgan fingerprint density at radius 2 is 1.81 bits per heavy atom. The van der Waals surface area contributed by atoms with Crippen LogP contribution in [0.2, 0.25) is 0 Å². The van der Waals surface area contributed by atoms with Crippen LogP contribution in [0.15, 0.2) is 29.2 Å². The molecule has 0 radical (unpaired) electrons. The Morgan fingerprint density at radius 3 is 2.37 bits per heavy atom. The highest BCUT2D eigenvalue weighted by atomic mass is 32.2. The molecule has 0 saturated carbocycles. The van der Waals surface area contributed by atoms with Crippen LogP contribution < -0.4 is 0 Å². The molecule has 0 N–H and O–H groups in total. The predicted octanol–water partition coefficient (Wildman–Crippen LogP) is 3.04. The maximum atomic E-state index is 13.9. The quantitative estimate of drug-likeness (QED) is 0.773. The largest absolute Gasteiger partial charge is 0.335 e. The number of nitrogens with zero attached hydrogens (tertiary/aromatic N) is 2. The van der Waals surface area contributed by atoms with Crippen molar-refractivity contribution in [1.82, 2.24) is 9.21 Å². The lowest BCUT2D eigenvalue weighted by atomic mass is 10.2. The van der Waals surface area contributed by atoms with Gasteiger partial charge in [-0.15, -0.1) is 11.3 Å². The van der Waals surface area contributed by atoms with Crippen molar-refractivity contribution >= 4 is 27.3 Å². The summed E-state index contributed by atoms with van der Waals surface area (Å²) in [7, 11) is -4.07. The van der Waals surface area contributed by atoms with Gasteiger partial charge in [-0.1, -0.05) is 6.92 Å². The van der Waals surface area contributed by atoms with Crippen molar-refractivity contribution in [3.63, 3.8) is 0 Å². The molecule has 0 spiro atoms. The van der Waals surface area contributed by atoms with E-state index in [1.807, 2.05) is 19.9 Å². The Bertz CT molecular complexity index is 965. The Morgan fingerprint density at radius 1 is 1.15 bits per heavy atom. The van der Waals surface area contributed by atoms with Crippen LogP contribution in [-0.4, -0.2) is 49.7 Å². The highest BCUT2D eigenvalue weighted by Crippen LogP contribution is 2.25. The Kier molecular flexibility index (Phi) is 5.64. The molecule has 2 heterocycles. The zero-order valence-corrected chi connectivity index (χ0v) is 16.7. The van der Waals surface area contributed by atoms with Gasteiger partial charge in [-0.25, -0.2) is 17.2 Å². The molecule has 9 heteroatoms. The molecule has 0 bridgehead atoms. The van der Waals surface area contributed by atoms with E-state index in [4.69, 9.17) is 0 Å². The molecule has 1 amide bonds. The normalized spacial score (nSPS) is 15.9. The summed E-state index contributed by atoms with van der Waals surface area (Å²) in [5.74, 6) is -2.07. The van der Waals surface area contributed by atoms with Gasteiger partial charge in [0, 0.05) is 37.1 Å². The Labute approximate surface area is 161 Å². The van der Waals surface area contributed by atoms with Gasteiger partial charge in [0.25, 0.3) is 5.91 Å². The summed E-state index contributed by atoms with van der Waals surface area (Å²) in [6.07, 6.45) is 0.860. The van der Waals surface area contributed by atoms with Crippen LogP contribution in [0.25, 0.3) is 0 Å². The number of halogens is 2. The minimum absolute atomic E-state index is 0.0654. The molecule has 1 aliphatic heterocycles. The zero-order chi connectivity index (χ0) is 19.8. The van der Waals surface area contributed by atoms with Gasteiger partial charge in [-0.2, -0.15) is 4.31 Å². The van der Waals surface area contributed by atoms with E-state index >= 15 is 0 Å². The summed E-state index contributed by atoms with van der Waals surface area (Å²) in [6.45, 7) is 4.57. The number of aryl methyl sites for hydroxylation is 2. The SMILES string of the molecule is CCc1sc(C(=O)N2CCN(S(=O)(=O)c3ccc(F)cc3F)CC2)cc1C. The van der Waals surface area contributed by atoms with Crippen molar-refractivity contribution in [1.29, 1.82) is 0 Å². The number of thiophene rings is 1. The summed E-state index contributed by atoms with van der Waals surface area (Å²) in [6, 6.07) is 4.26. The van der Waals surface area contributed by atoms with Gasteiger partial charge in [-0.3, -0.25) is 4.79 Å². The highest BCUT2D eigenvalue weighted by molar-refractivity contribution is 7.89. The molecule has 5 nitrogen and oxygen atoms in total. The smallest absolute Gasteiger partial charge is 0.264 e. The summed E-state index contributed by atoms with van der Waals surface area (Å²) < 4.78 is 53.3. The second-order valence-corrected chi connectivity index (χ2v) is 9.38. The molecule has 1 fully saturated rings. The third-order valence-electron chi connectivity index (χ3n) is 4.59. The molecule has 3 rings (SSSR count). The Balaban J connectivity index is 1.71. The Hall–Kier alpha value is -1.84. The molecule has 1 aliphatic rings. The number of amides is 1. The van der Waals surface area contributed by atoms with E-state index in [1.165, 1.54) is 11.3 Å². The number of rotatable bonds is 4. The van der Waals surface area contributed by atoms with Gasteiger partial charge in [0.15, 0.2) is 0 Å². The van der Waals surface area contributed by atoms with Crippen molar-refractivity contribution in [3.8, 4) is 0 Å². The molecule has 0 unspecified atom stereocenters. The van der Waals surface area contributed by atoms with Gasteiger partial charge in [0.05, 0.1) is 4.88 Å². The number of hydrogen-bond acceptors (Lipinski definition) is 4. The fourth-order valence-corrected chi connectivity index (χ4v) is 5.64. The molecule has 1 aromatic heterocycles. The van der Waals surface area contributed by atoms with E-state index in [0.717, 1.165) is 33.3 Å². The average Bonchev–Trinajstić information content (AvgIpc) is 3.01. The first-order chi connectivity index (χ1) is 12.7. The van der Waals surface area contributed by atoms with Crippen molar-refractivity contribution in [2.45, 2.75) is 25.2 Å². The van der Waals surface area contributed by atoms with Crippen molar-refractivity contribution in [2.75, 3.05) is 26.2 Å². The fraction of sp³-hybridized carbons (Fsp3) is 0.389. The van der Waals surface area contributed by atoms with Crippen LogP contribution in [0.5, 0.6) is 0 Å².